The zero-order valence-electron chi connectivity index (χ0n) is 15.9. The Balaban J connectivity index is 1.62. The van der Waals surface area contributed by atoms with Gasteiger partial charge in [0.15, 0.2) is 0 Å². The molecular formula is C23H24F3NO. The van der Waals surface area contributed by atoms with Crippen molar-refractivity contribution in [2.24, 2.45) is 0 Å². The molecule has 2 aromatic rings. The Morgan fingerprint density at radius 1 is 1.07 bits per heavy atom. The van der Waals surface area contributed by atoms with Crippen LogP contribution >= 0.6 is 0 Å². The molecule has 0 radical (unpaired) electrons. The maximum absolute atomic E-state index is 13.2. The second-order valence-electron chi connectivity index (χ2n) is 7.62. The first kappa shape index (κ1) is 19.1. The van der Waals surface area contributed by atoms with Crippen molar-refractivity contribution >= 4 is 5.57 Å². The molecule has 2 aromatic carbocycles. The fraction of sp³-hybridized carbons (Fsp3) is 0.391. The van der Waals surface area contributed by atoms with Crippen LogP contribution < -0.4 is 4.74 Å². The first-order valence-electron chi connectivity index (χ1n) is 9.71. The van der Waals surface area contributed by atoms with E-state index in [1.54, 1.807) is 6.07 Å². The number of rotatable bonds is 4. The molecule has 0 aliphatic carbocycles. The van der Waals surface area contributed by atoms with E-state index >= 15 is 0 Å². The SMILES string of the molecule is COc1cc(C2=CC3CCCC(C2)N3Cc2ccccc2)ccc1C(F)(F)F. The maximum atomic E-state index is 13.2. The second-order valence-corrected chi connectivity index (χ2v) is 7.62. The van der Waals surface area contributed by atoms with E-state index in [1.165, 1.54) is 25.2 Å². The van der Waals surface area contributed by atoms with Gasteiger partial charge >= 0.3 is 6.18 Å². The highest BCUT2D eigenvalue weighted by Gasteiger charge is 2.36. The van der Waals surface area contributed by atoms with Crippen LogP contribution in [0.2, 0.25) is 0 Å². The van der Waals surface area contributed by atoms with Crippen molar-refractivity contribution < 1.29 is 17.9 Å². The molecule has 2 aliphatic heterocycles. The predicted molar refractivity (Wildman–Crippen MR) is 104 cm³/mol. The summed E-state index contributed by atoms with van der Waals surface area (Å²) in [5, 5.41) is 0. The van der Waals surface area contributed by atoms with Crippen LogP contribution in [0.1, 0.15) is 42.4 Å². The van der Waals surface area contributed by atoms with Crippen molar-refractivity contribution in [3.05, 3.63) is 71.3 Å². The quantitative estimate of drug-likeness (QED) is 0.645. The largest absolute Gasteiger partial charge is 0.496 e. The van der Waals surface area contributed by atoms with E-state index in [2.05, 4.69) is 35.2 Å². The van der Waals surface area contributed by atoms with Crippen LogP contribution in [0, 0.1) is 0 Å². The van der Waals surface area contributed by atoms with E-state index in [1.807, 2.05) is 6.07 Å². The molecule has 148 valence electrons. The van der Waals surface area contributed by atoms with Crippen molar-refractivity contribution in [2.45, 2.75) is 50.5 Å². The Hall–Kier alpha value is -2.27. The van der Waals surface area contributed by atoms with Crippen LogP contribution in [-0.2, 0) is 12.7 Å². The molecule has 5 heteroatoms. The van der Waals surface area contributed by atoms with Gasteiger partial charge in [-0.3, -0.25) is 4.90 Å². The molecule has 1 fully saturated rings. The minimum absolute atomic E-state index is 0.109. The van der Waals surface area contributed by atoms with Gasteiger partial charge in [0.25, 0.3) is 0 Å². The van der Waals surface area contributed by atoms with Crippen LogP contribution in [0.15, 0.2) is 54.6 Å². The number of piperidine rings is 1. The van der Waals surface area contributed by atoms with E-state index in [-0.39, 0.29) is 5.75 Å². The van der Waals surface area contributed by atoms with Crippen molar-refractivity contribution in [3.63, 3.8) is 0 Å². The summed E-state index contributed by atoms with van der Waals surface area (Å²) in [6, 6.07) is 15.5. The number of hydrogen-bond donors (Lipinski definition) is 0. The molecular weight excluding hydrogens is 363 g/mol. The zero-order valence-corrected chi connectivity index (χ0v) is 15.9. The molecule has 0 aromatic heterocycles. The maximum Gasteiger partial charge on any atom is 0.419 e. The van der Waals surface area contributed by atoms with Gasteiger partial charge < -0.3 is 4.74 Å². The molecule has 2 heterocycles. The molecule has 2 aliphatic rings. The summed E-state index contributed by atoms with van der Waals surface area (Å²) in [5.74, 6) is -0.109. The van der Waals surface area contributed by atoms with Gasteiger partial charge in [0, 0.05) is 18.6 Å². The fourth-order valence-electron chi connectivity index (χ4n) is 4.50. The number of methoxy groups -OCH3 is 1. The van der Waals surface area contributed by atoms with Gasteiger partial charge in [0.2, 0.25) is 0 Å². The lowest BCUT2D eigenvalue weighted by Crippen LogP contribution is -2.47. The average Bonchev–Trinajstić information content (AvgIpc) is 2.67. The molecule has 0 amide bonds. The zero-order chi connectivity index (χ0) is 19.7. The van der Waals surface area contributed by atoms with Crippen molar-refractivity contribution in [1.29, 1.82) is 0 Å². The van der Waals surface area contributed by atoms with Gasteiger partial charge in [-0.25, -0.2) is 0 Å². The Bertz CT molecular complexity index is 860. The lowest BCUT2D eigenvalue weighted by atomic mass is 9.82. The Morgan fingerprint density at radius 2 is 1.86 bits per heavy atom. The summed E-state index contributed by atoms with van der Waals surface area (Å²) in [6.07, 6.45) is 2.11. The number of benzene rings is 2. The van der Waals surface area contributed by atoms with Gasteiger partial charge in [-0.2, -0.15) is 13.2 Å². The lowest BCUT2D eigenvalue weighted by Gasteiger charge is -2.45. The molecule has 2 unspecified atom stereocenters. The third-order valence-electron chi connectivity index (χ3n) is 5.87. The van der Waals surface area contributed by atoms with Gasteiger partial charge in [-0.05, 0) is 48.1 Å². The molecule has 2 bridgehead atoms. The highest BCUT2D eigenvalue weighted by Crippen LogP contribution is 2.41. The Morgan fingerprint density at radius 3 is 2.54 bits per heavy atom. The highest BCUT2D eigenvalue weighted by atomic mass is 19.4. The summed E-state index contributed by atoms with van der Waals surface area (Å²) >= 11 is 0. The number of nitrogens with zero attached hydrogens (tertiary/aromatic N) is 1. The van der Waals surface area contributed by atoms with E-state index in [9.17, 15) is 13.2 Å². The molecule has 2 atom stereocenters. The van der Waals surface area contributed by atoms with Crippen LogP contribution in [0.5, 0.6) is 5.75 Å². The number of fused-ring (bicyclic) bond motifs is 2. The van der Waals surface area contributed by atoms with Crippen LogP contribution in [0.4, 0.5) is 13.2 Å². The number of ether oxygens (including phenoxy) is 1. The topological polar surface area (TPSA) is 12.5 Å². The van der Waals surface area contributed by atoms with Gasteiger partial charge in [-0.1, -0.05) is 48.9 Å². The minimum Gasteiger partial charge on any atom is -0.496 e. The van der Waals surface area contributed by atoms with Gasteiger partial charge in [-0.15, -0.1) is 0 Å². The molecule has 28 heavy (non-hydrogen) atoms. The van der Waals surface area contributed by atoms with E-state index in [0.29, 0.717) is 12.1 Å². The van der Waals surface area contributed by atoms with Crippen molar-refractivity contribution in [2.75, 3.05) is 7.11 Å². The molecule has 4 rings (SSSR count). The molecule has 2 nitrogen and oxygen atoms in total. The van der Waals surface area contributed by atoms with E-state index in [4.69, 9.17) is 4.74 Å². The van der Waals surface area contributed by atoms with Crippen molar-refractivity contribution in [1.82, 2.24) is 4.90 Å². The Labute approximate surface area is 163 Å². The standard InChI is InChI=1S/C23H24F3NO/c1-28-22-14-17(10-11-21(22)23(24,25)26)18-12-19-8-5-9-20(13-18)27(19)15-16-6-3-2-4-7-16/h2-4,6-7,10-12,14,19-20H,5,8-9,13,15H2,1H3. The van der Waals surface area contributed by atoms with E-state index in [0.717, 1.165) is 43.0 Å². The van der Waals surface area contributed by atoms with Gasteiger partial charge in [0.05, 0.1) is 12.7 Å². The summed E-state index contributed by atoms with van der Waals surface area (Å²) in [7, 11) is 1.29. The average molecular weight is 387 g/mol. The number of halogens is 3. The lowest BCUT2D eigenvalue weighted by molar-refractivity contribution is -0.138. The van der Waals surface area contributed by atoms with Crippen LogP contribution in [0.3, 0.4) is 0 Å². The summed E-state index contributed by atoms with van der Waals surface area (Å²) in [6.45, 7) is 0.913. The smallest absolute Gasteiger partial charge is 0.419 e. The summed E-state index contributed by atoms with van der Waals surface area (Å²) < 4.78 is 44.5. The van der Waals surface area contributed by atoms with E-state index < -0.39 is 11.7 Å². The molecule has 0 saturated carbocycles. The fourth-order valence-corrected chi connectivity index (χ4v) is 4.50. The third kappa shape index (κ3) is 3.81. The number of hydrogen-bond acceptors (Lipinski definition) is 2. The van der Waals surface area contributed by atoms with Crippen molar-refractivity contribution in [3.8, 4) is 5.75 Å². The molecule has 1 saturated heterocycles. The summed E-state index contributed by atoms with van der Waals surface area (Å²) in [5.41, 5.74) is 2.54. The molecule has 0 N–H and O–H groups in total. The normalized spacial score (nSPS) is 22.6. The highest BCUT2D eigenvalue weighted by molar-refractivity contribution is 5.69. The number of alkyl halides is 3. The van der Waals surface area contributed by atoms with Crippen LogP contribution in [-0.4, -0.2) is 24.1 Å². The second kappa shape index (κ2) is 7.63. The van der Waals surface area contributed by atoms with Gasteiger partial charge in [0.1, 0.15) is 5.75 Å². The summed E-state index contributed by atoms with van der Waals surface area (Å²) in [4.78, 5) is 2.55. The minimum atomic E-state index is -4.41. The predicted octanol–water partition coefficient (Wildman–Crippen LogP) is 5.92. The molecule has 0 spiro atoms. The van der Waals surface area contributed by atoms with Crippen LogP contribution in [0.25, 0.3) is 5.57 Å². The monoisotopic (exact) mass is 387 g/mol. The Kier molecular flexibility index (Phi) is 5.19. The third-order valence-corrected chi connectivity index (χ3v) is 5.87. The first-order chi connectivity index (χ1) is 13.5. The first-order valence-corrected chi connectivity index (χ1v) is 9.71.